The maximum absolute atomic E-state index is 12.7. The molecule has 3 aromatic rings. The van der Waals surface area contributed by atoms with Crippen molar-refractivity contribution in [2.24, 2.45) is 0 Å². The molecule has 7 heteroatoms. The molecule has 2 aromatic carbocycles. The molecule has 1 amide bonds. The van der Waals surface area contributed by atoms with Crippen molar-refractivity contribution in [3.05, 3.63) is 60.0 Å². The highest BCUT2D eigenvalue weighted by Gasteiger charge is 2.37. The Morgan fingerprint density at radius 3 is 2.59 bits per heavy atom. The van der Waals surface area contributed by atoms with Gasteiger partial charge in [-0.25, -0.2) is 0 Å². The highest BCUT2D eigenvalue weighted by atomic mass is 16.5. The van der Waals surface area contributed by atoms with Crippen molar-refractivity contribution in [2.75, 3.05) is 20.8 Å². The summed E-state index contributed by atoms with van der Waals surface area (Å²) in [5.41, 5.74) is 1.87. The monoisotopic (exact) mass is 393 g/mol. The summed E-state index contributed by atoms with van der Waals surface area (Å²) in [6.07, 6.45) is 0.355. The maximum atomic E-state index is 12.7. The third kappa shape index (κ3) is 3.68. The van der Waals surface area contributed by atoms with Crippen LogP contribution in [0.3, 0.4) is 0 Å². The summed E-state index contributed by atoms with van der Waals surface area (Å²) >= 11 is 0. The van der Waals surface area contributed by atoms with Gasteiger partial charge >= 0.3 is 0 Å². The van der Waals surface area contributed by atoms with E-state index >= 15 is 0 Å². The molecule has 1 saturated heterocycles. The molecule has 2 atom stereocenters. The Labute approximate surface area is 169 Å². The first kappa shape index (κ1) is 19.0. The number of aromatic nitrogens is 2. The number of methoxy groups -OCH3 is 2. The minimum absolute atomic E-state index is 0.0664. The summed E-state index contributed by atoms with van der Waals surface area (Å²) in [6.45, 7) is 2.54. The van der Waals surface area contributed by atoms with Crippen LogP contribution in [0.25, 0.3) is 11.4 Å². The lowest BCUT2D eigenvalue weighted by Crippen LogP contribution is -2.28. The smallest absolute Gasteiger partial charge is 0.232 e. The summed E-state index contributed by atoms with van der Waals surface area (Å²) in [5.74, 6) is 2.29. The predicted molar refractivity (Wildman–Crippen MR) is 107 cm³/mol. The van der Waals surface area contributed by atoms with Crippen molar-refractivity contribution in [1.29, 1.82) is 0 Å². The second kappa shape index (κ2) is 7.95. The summed E-state index contributed by atoms with van der Waals surface area (Å²) in [7, 11) is 3.20. The fourth-order valence-corrected chi connectivity index (χ4v) is 3.67. The SMILES string of the molecule is COc1ccc(C(C)N2CC(c3nc(-c4ccccc4)no3)CC2=O)cc1OC. The van der Waals surface area contributed by atoms with E-state index in [2.05, 4.69) is 10.1 Å². The molecule has 0 radical (unpaired) electrons. The summed E-state index contributed by atoms with van der Waals surface area (Å²) < 4.78 is 16.2. The fraction of sp³-hybridized carbons (Fsp3) is 0.318. The molecule has 1 aliphatic rings. The lowest BCUT2D eigenvalue weighted by molar-refractivity contribution is -0.129. The van der Waals surface area contributed by atoms with Gasteiger partial charge in [-0.3, -0.25) is 4.79 Å². The normalized spacial score (nSPS) is 17.4. The zero-order chi connectivity index (χ0) is 20.4. The molecular weight excluding hydrogens is 370 g/mol. The number of carbonyl (C=O) groups excluding carboxylic acids is 1. The van der Waals surface area contributed by atoms with Crippen LogP contribution in [0.2, 0.25) is 0 Å². The molecule has 4 rings (SSSR count). The Morgan fingerprint density at radius 2 is 1.86 bits per heavy atom. The lowest BCUT2D eigenvalue weighted by atomic mass is 10.1. The quantitative estimate of drug-likeness (QED) is 0.633. The zero-order valence-electron chi connectivity index (χ0n) is 16.7. The van der Waals surface area contributed by atoms with Crippen LogP contribution < -0.4 is 9.47 Å². The minimum atomic E-state index is -0.116. The molecule has 7 nitrogen and oxygen atoms in total. The van der Waals surface area contributed by atoms with E-state index in [0.29, 0.717) is 36.2 Å². The van der Waals surface area contributed by atoms with Gasteiger partial charge in [0.1, 0.15) is 0 Å². The van der Waals surface area contributed by atoms with Crippen LogP contribution in [0.1, 0.15) is 36.8 Å². The number of hydrogen-bond donors (Lipinski definition) is 0. The van der Waals surface area contributed by atoms with E-state index < -0.39 is 0 Å². The van der Waals surface area contributed by atoms with E-state index in [0.717, 1.165) is 11.1 Å². The second-order valence-electron chi connectivity index (χ2n) is 7.06. The van der Waals surface area contributed by atoms with E-state index in [1.54, 1.807) is 14.2 Å². The third-order valence-corrected chi connectivity index (χ3v) is 5.34. The summed E-state index contributed by atoms with van der Waals surface area (Å²) in [4.78, 5) is 19.1. The van der Waals surface area contributed by atoms with Crippen molar-refractivity contribution in [2.45, 2.75) is 25.3 Å². The second-order valence-corrected chi connectivity index (χ2v) is 7.06. The van der Waals surface area contributed by atoms with Gasteiger partial charge < -0.3 is 18.9 Å². The van der Waals surface area contributed by atoms with Crippen LogP contribution in [0.5, 0.6) is 11.5 Å². The van der Waals surface area contributed by atoms with Gasteiger partial charge in [-0.05, 0) is 24.6 Å². The molecule has 1 fully saturated rings. The van der Waals surface area contributed by atoms with E-state index in [1.807, 2.05) is 60.4 Å². The van der Waals surface area contributed by atoms with Gasteiger partial charge in [0.15, 0.2) is 11.5 Å². The number of benzene rings is 2. The number of nitrogens with zero attached hydrogens (tertiary/aromatic N) is 3. The maximum Gasteiger partial charge on any atom is 0.232 e. The molecule has 0 spiro atoms. The fourth-order valence-electron chi connectivity index (χ4n) is 3.67. The van der Waals surface area contributed by atoms with Gasteiger partial charge in [-0.1, -0.05) is 41.6 Å². The van der Waals surface area contributed by atoms with E-state index in [-0.39, 0.29) is 17.9 Å². The standard InChI is InChI=1S/C22H23N3O4/c1-14(16-9-10-18(27-2)19(11-16)28-3)25-13-17(12-20(25)26)22-23-21(24-29-22)15-7-5-4-6-8-15/h4-11,14,17H,12-13H2,1-3H3. The van der Waals surface area contributed by atoms with Crippen molar-refractivity contribution in [1.82, 2.24) is 15.0 Å². The largest absolute Gasteiger partial charge is 0.493 e. The molecule has 2 heterocycles. The van der Waals surface area contributed by atoms with Crippen LogP contribution in [0.15, 0.2) is 53.1 Å². The molecule has 29 heavy (non-hydrogen) atoms. The van der Waals surface area contributed by atoms with Crippen molar-refractivity contribution in [3.8, 4) is 22.9 Å². The molecule has 0 bridgehead atoms. The number of hydrogen-bond acceptors (Lipinski definition) is 6. The van der Waals surface area contributed by atoms with Crippen LogP contribution in [0.4, 0.5) is 0 Å². The first-order chi connectivity index (χ1) is 14.1. The Morgan fingerprint density at radius 1 is 1.10 bits per heavy atom. The Balaban J connectivity index is 1.52. The zero-order valence-corrected chi connectivity index (χ0v) is 16.7. The Hall–Kier alpha value is -3.35. The lowest BCUT2D eigenvalue weighted by Gasteiger charge is -2.25. The Bertz CT molecular complexity index is 1000. The first-order valence-corrected chi connectivity index (χ1v) is 9.51. The molecule has 0 N–H and O–H groups in total. The average Bonchev–Trinajstić information content (AvgIpc) is 3.40. The van der Waals surface area contributed by atoms with Crippen LogP contribution >= 0.6 is 0 Å². The van der Waals surface area contributed by atoms with Crippen molar-refractivity contribution in [3.63, 3.8) is 0 Å². The van der Waals surface area contributed by atoms with Gasteiger partial charge in [0.2, 0.25) is 17.6 Å². The highest BCUT2D eigenvalue weighted by Crippen LogP contribution is 2.36. The number of rotatable bonds is 6. The van der Waals surface area contributed by atoms with E-state index in [1.165, 1.54) is 0 Å². The number of ether oxygens (including phenoxy) is 2. The molecule has 0 aliphatic carbocycles. The van der Waals surface area contributed by atoms with Gasteiger partial charge in [0.25, 0.3) is 0 Å². The van der Waals surface area contributed by atoms with Crippen LogP contribution in [-0.2, 0) is 4.79 Å². The molecule has 0 saturated carbocycles. The van der Waals surface area contributed by atoms with Crippen molar-refractivity contribution >= 4 is 5.91 Å². The van der Waals surface area contributed by atoms with Gasteiger partial charge in [-0.2, -0.15) is 4.98 Å². The molecule has 1 aliphatic heterocycles. The topological polar surface area (TPSA) is 77.7 Å². The minimum Gasteiger partial charge on any atom is -0.493 e. The predicted octanol–water partition coefficient (Wildman–Crippen LogP) is 3.83. The molecule has 1 aromatic heterocycles. The molecule has 2 unspecified atom stereocenters. The highest BCUT2D eigenvalue weighted by molar-refractivity contribution is 5.80. The van der Waals surface area contributed by atoms with E-state index in [9.17, 15) is 4.79 Å². The molecule has 150 valence electrons. The van der Waals surface area contributed by atoms with Crippen molar-refractivity contribution < 1.29 is 18.8 Å². The number of amides is 1. The van der Waals surface area contributed by atoms with Gasteiger partial charge in [0, 0.05) is 18.5 Å². The summed E-state index contributed by atoms with van der Waals surface area (Å²) in [6, 6.07) is 15.3. The number of likely N-dealkylation sites (tertiary alicyclic amines) is 1. The molecular formula is C22H23N3O4. The van der Waals surface area contributed by atoms with Gasteiger partial charge in [0.05, 0.1) is 26.2 Å². The van der Waals surface area contributed by atoms with Crippen LogP contribution in [0, 0.1) is 0 Å². The van der Waals surface area contributed by atoms with E-state index in [4.69, 9.17) is 14.0 Å². The average molecular weight is 393 g/mol. The first-order valence-electron chi connectivity index (χ1n) is 9.51. The Kier molecular flexibility index (Phi) is 5.20. The third-order valence-electron chi connectivity index (χ3n) is 5.34. The summed E-state index contributed by atoms with van der Waals surface area (Å²) in [5, 5.41) is 4.08. The van der Waals surface area contributed by atoms with Gasteiger partial charge in [-0.15, -0.1) is 0 Å². The van der Waals surface area contributed by atoms with Crippen LogP contribution in [-0.4, -0.2) is 41.7 Å². The number of carbonyl (C=O) groups is 1.